The Morgan fingerprint density at radius 3 is 2.19 bits per heavy atom. The van der Waals surface area contributed by atoms with Crippen molar-refractivity contribution in [2.75, 3.05) is 42.9 Å². The van der Waals surface area contributed by atoms with Gasteiger partial charge in [-0.25, -0.2) is 0 Å². The summed E-state index contributed by atoms with van der Waals surface area (Å²) < 4.78 is 0. The molecule has 1 unspecified atom stereocenters. The van der Waals surface area contributed by atoms with Crippen LogP contribution in [0.15, 0.2) is 78.9 Å². The van der Waals surface area contributed by atoms with E-state index in [0.717, 1.165) is 56.0 Å². The maximum atomic E-state index is 13.7. The highest BCUT2D eigenvalue weighted by Gasteiger charge is 2.48. The molecule has 1 amide bonds. The number of benzene rings is 3. The summed E-state index contributed by atoms with van der Waals surface area (Å²) >= 11 is 0. The molecule has 5 heteroatoms. The van der Waals surface area contributed by atoms with Crippen LogP contribution >= 0.6 is 12.4 Å². The smallest absolute Gasteiger partial charge is 0.239 e. The molecule has 3 aromatic carbocycles. The zero-order valence-corrected chi connectivity index (χ0v) is 22.3. The number of amides is 1. The minimum absolute atomic E-state index is 0. The van der Waals surface area contributed by atoms with Gasteiger partial charge in [-0.15, -0.1) is 12.4 Å². The number of carbonyl (C=O) groups excluding carboxylic acids is 1. The average Bonchev–Trinajstić information content (AvgIpc) is 3.20. The minimum atomic E-state index is -0.644. The molecular weight excluding hydrogens is 466 g/mol. The third kappa shape index (κ3) is 4.89. The van der Waals surface area contributed by atoms with E-state index in [-0.39, 0.29) is 18.3 Å². The number of piperidine rings is 1. The van der Waals surface area contributed by atoms with Crippen LogP contribution in [0.25, 0.3) is 0 Å². The monoisotopic (exact) mass is 503 g/mol. The summed E-state index contributed by atoms with van der Waals surface area (Å²) in [7, 11) is 0. The van der Waals surface area contributed by atoms with Crippen molar-refractivity contribution in [2.24, 2.45) is 0 Å². The van der Waals surface area contributed by atoms with E-state index >= 15 is 0 Å². The summed E-state index contributed by atoms with van der Waals surface area (Å²) in [5.74, 6) is 0.749. The summed E-state index contributed by atoms with van der Waals surface area (Å²) in [5, 5.41) is 3.26. The summed E-state index contributed by atoms with van der Waals surface area (Å²) in [4.78, 5) is 18.6. The van der Waals surface area contributed by atoms with E-state index in [1.54, 1.807) is 0 Å². The molecule has 1 fully saturated rings. The Morgan fingerprint density at radius 1 is 0.917 bits per heavy atom. The van der Waals surface area contributed by atoms with Crippen LogP contribution in [0.1, 0.15) is 55.7 Å². The first-order chi connectivity index (χ1) is 17.2. The third-order valence-electron chi connectivity index (χ3n) is 8.16. The Balaban J connectivity index is 0.00000304. The van der Waals surface area contributed by atoms with Gasteiger partial charge in [0.1, 0.15) is 5.41 Å². The molecule has 0 aromatic heterocycles. The Hall–Kier alpha value is -2.82. The predicted octanol–water partition coefficient (Wildman–Crippen LogP) is 6.46. The van der Waals surface area contributed by atoms with Crippen molar-refractivity contribution in [3.8, 4) is 0 Å². The summed E-state index contributed by atoms with van der Waals surface area (Å²) in [6, 6.07) is 27.8. The van der Waals surface area contributed by atoms with Crippen LogP contribution in [0.4, 0.5) is 11.4 Å². The van der Waals surface area contributed by atoms with E-state index in [2.05, 4.69) is 102 Å². The van der Waals surface area contributed by atoms with Gasteiger partial charge in [0.2, 0.25) is 5.91 Å². The van der Waals surface area contributed by atoms with Crippen molar-refractivity contribution < 1.29 is 4.79 Å². The number of carbonyl (C=O) groups is 1. The van der Waals surface area contributed by atoms with Crippen molar-refractivity contribution in [1.29, 1.82) is 0 Å². The van der Waals surface area contributed by atoms with Crippen LogP contribution < -0.4 is 10.2 Å². The first-order valence-corrected chi connectivity index (χ1v) is 13.2. The van der Waals surface area contributed by atoms with Crippen LogP contribution in [0, 0.1) is 0 Å². The standard InChI is InChI=1S/C31H37N3O.ClH/c1-3-34(4-2)27-15-16-28-29(23-27)32-30(35)31(28,26-13-9-6-10-14-26)19-22-33-20-17-25(18-21-33)24-11-7-5-8-12-24;/h5-16,23,25H,3-4,17-22H2,1-2H3,(H,32,35);1H. The fraction of sp³-hybridized carbons (Fsp3) is 0.387. The lowest BCUT2D eigenvalue weighted by Gasteiger charge is -2.35. The van der Waals surface area contributed by atoms with Gasteiger partial charge in [0.05, 0.1) is 0 Å². The molecule has 1 saturated heterocycles. The molecule has 0 bridgehead atoms. The number of hydrogen-bond donors (Lipinski definition) is 1. The van der Waals surface area contributed by atoms with E-state index in [1.807, 2.05) is 6.07 Å². The quantitative estimate of drug-likeness (QED) is 0.383. The van der Waals surface area contributed by atoms with Gasteiger partial charge in [-0.2, -0.15) is 0 Å². The highest BCUT2D eigenvalue weighted by atomic mass is 35.5. The number of halogens is 1. The van der Waals surface area contributed by atoms with Crippen molar-refractivity contribution in [3.63, 3.8) is 0 Å². The molecule has 1 atom stereocenters. The van der Waals surface area contributed by atoms with Crippen LogP contribution in [0.2, 0.25) is 0 Å². The van der Waals surface area contributed by atoms with E-state index in [4.69, 9.17) is 0 Å². The van der Waals surface area contributed by atoms with Crippen LogP contribution in [-0.4, -0.2) is 43.5 Å². The number of hydrogen-bond acceptors (Lipinski definition) is 3. The molecule has 2 aliphatic heterocycles. The average molecular weight is 504 g/mol. The lowest BCUT2D eigenvalue weighted by atomic mass is 9.72. The topological polar surface area (TPSA) is 35.6 Å². The lowest BCUT2D eigenvalue weighted by Crippen LogP contribution is -2.41. The predicted molar refractivity (Wildman–Crippen MR) is 153 cm³/mol. The van der Waals surface area contributed by atoms with E-state index in [0.29, 0.717) is 5.92 Å². The zero-order valence-electron chi connectivity index (χ0n) is 21.5. The SMILES string of the molecule is CCN(CC)c1ccc2c(c1)NC(=O)C2(CCN1CCC(c2ccccc2)CC1)c1ccccc1.Cl. The van der Waals surface area contributed by atoms with Gasteiger partial charge < -0.3 is 15.1 Å². The van der Waals surface area contributed by atoms with Gasteiger partial charge in [-0.1, -0.05) is 66.7 Å². The number of nitrogens with one attached hydrogen (secondary N) is 1. The maximum absolute atomic E-state index is 13.7. The molecule has 4 nitrogen and oxygen atoms in total. The second kappa shape index (κ2) is 11.5. The Morgan fingerprint density at radius 2 is 1.56 bits per heavy atom. The Kier molecular flexibility index (Phi) is 8.38. The largest absolute Gasteiger partial charge is 0.372 e. The summed E-state index contributed by atoms with van der Waals surface area (Å²) in [6.07, 6.45) is 3.15. The van der Waals surface area contributed by atoms with Gasteiger partial charge in [-0.05, 0) is 87.5 Å². The number of anilines is 2. The molecule has 2 heterocycles. The summed E-state index contributed by atoms with van der Waals surface area (Å²) in [5.41, 5.74) is 5.15. The second-order valence-electron chi connectivity index (χ2n) is 9.90. The van der Waals surface area contributed by atoms with Crippen molar-refractivity contribution in [1.82, 2.24) is 4.90 Å². The van der Waals surface area contributed by atoms with Crippen LogP contribution in [-0.2, 0) is 10.2 Å². The van der Waals surface area contributed by atoms with Gasteiger partial charge in [-0.3, -0.25) is 4.79 Å². The fourth-order valence-electron chi connectivity index (χ4n) is 6.09. The lowest BCUT2D eigenvalue weighted by molar-refractivity contribution is -0.119. The number of likely N-dealkylation sites (tertiary alicyclic amines) is 1. The normalized spacial score (nSPS) is 19.9. The van der Waals surface area contributed by atoms with Crippen molar-refractivity contribution >= 4 is 29.7 Å². The van der Waals surface area contributed by atoms with Crippen molar-refractivity contribution in [2.45, 2.75) is 44.4 Å². The first-order valence-electron chi connectivity index (χ1n) is 13.2. The molecule has 3 aromatic rings. The number of fused-ring (bicyclic) bond motifs is 1. The zero-order chi connectivity index (χ0) is 24.3. The molecule has 2 aliphatic rings. The molecule has 5 rings (SSSR count). The minimum Gasteiger partial charge on any atom is -0.372 e. The molecule has 0 radical (unpaired) electrons. The second-order valence-corrected chi connectivity index (χ2v) is 9.90. The molecular formula is C31H38ClN3O. The molecule has 0 saturated carbocycles. The van der Waals surface area contributed by atoms with Gasteiger partial charge >= 0.3 is 0 Å². The maximum Gasteiger partial charge on any atom is 0.239 e. The van der Waals surface area contributed by atoms with Gasteiger partial charge in [0.15, 0.2) is 0 Å². The fourth-order valence-corrected chi connectivity index (χ4v) is 6.09. The van der Waals surface area contributed by atoms with Gasteiger partial charge in [0, 0.05) is 24.5 Å². The summed E-state index contributed by atoms with van der Waals surface area (Å²) in [6.45, 7) is 9.33. The van der Waals surface area contributed by atoms with E-state index in [1.165, 1.54) is 24.1 Å². The highest BCUT2D eigenvalue weighted by Crippen LogP contribution is 2.46. The van der Waals surface area contributed by atoms with Gasteiger partial charge in [0.25, 0.3) is 0 Å². The van der Waals surface area contributed by atoms with Crippen molar-refractivity contribution in [3.05, 3.63) is 95.6 Å². The number of nitrogens with zero attached hydrogens (tertiary/aromatic N) is 2. The number of rotatable bonds is 8. The first kappa shape index (κ1) is 26.2. The highest BCUT2D eigenvalue weighted by molar-refractivity contribution is 6.09. The Bertz CT molecular complexity index is 1140. The Labute approximate surface area is 222 Å². The molecule has 190 valence electrons. The molecule has 0 spiro atoms. The molecule has 1 N–H and O–H groups in total. The van der Waals surface area contributed by atoms with Crippen LogP contribution in [0.5, 0.6) is 0 Å². The molecule has 36 heavy (non-hydrogen) atoms. The van der Waals surface area contributed by atoms with Crippen LogP contribution in [0.3, 0.4) is 0 Å². The van der Waals surface area contributed by atoms with E-state index < -0.39 is 5.41 Å². The third-order valence-corrected chi connectivity index (χ3v) is 8.16. The van der Waals surface area contributed by atoms with E-state index in [9.17, 15) is 4.79 Å². The molecule has 0 aliphatic carbocycles.